The third kappa shape index (κ3) is 3.46. The zero-order valence-corrected chi connectivity index (χ0v) is 13.0. The Hall–Kier alpha value is -2.21. The standard InChI is InChI=1S/C15H12BrNO4/c1-9-7-12(16)8-10(2)14(9)21-15(18)11-3-5-13(6-4-11)17(19)20/h3-8H,1-2H3. The van der Waals surface area contributed by atoms with Crippen molar-refractivity contribution >= 4 is 27.6 Å². The molecule has 2 aromatic carbocycles. The molecule has 5 nitrogen and oxygen atoms in total. The fourth-order valence-electron chi connectivity index (χ4n) is 1.93. The average Bonchev–Trinajstić information content (AvgIpc) is 2.42. The molecule has 0 aromatic heterocycles. The van der Waals surface area contributed by atoms with Gasteiger partial charge in [-0.1, -0.05) is 15.9 Å². The average molecular weight is 350 g/mol. The molecule has 0 saturated heterocycles. The lowest BCUT2D eigenvalue weighted by Gasteiger charge is -2.11. The Balaban J connectivity index is 2.24. The van der Waals surface area contributed by atoms with Gasteiger partial charge in [0.25, 0.3) is 5.69 Å². The highest BCUT2D eigenvalue weighted by atomic mass is 79.9. The number of esters is 1. The Labute approximate surface area is 129 Å². The molecular weight excluding hydrogens is 338 g/mol. The molecule has 0 aliphatic heterocycles. The van der Waals surface area contributed by atoms with E-state index >= 15 is 0 Å². The first kappa shape index (κ1) is 15.2. The SMILES string of the molecule is Cc1cc(Br)cc(C)c1OC(=O)c1ccc([N+](=O)[O-])cc1. The number of benzene rings is 2. The molecule has 0 aliphatic rings. The molecule has 0 aliphatic carbocycles. The topological polar surface area (TPSA) is 69.4 Å². The van der Waals surface area contributed by atoms with E-state index in [2.05, 4.69) is 15.9 Å². The number of nitro groups is 1. The van der Waals surface area contributed by atoms with E-state index < -0.39 is 10.9 Å². The van der Waals surface area contributed by atoms with Crippen molar-refractivity contribution in [3.63, 3.8) is 0 Å². The van der Waals surface area contributed by atoms with Gasteiger partial charge in [0, 0.05) is 16.6 Å². The van der Waals surface area contributed by atoms with Gasteiger partial charge in [0.15, 0.2) is 0 Å². The molecule has 0 bridgehead atoms. The third-order valence-corrected chi connectivity index (χ3v) is 3.39. The first-order valence-corrected chi connectivity index (χ1v) is 6.91. The van der Waals surface area contributed by atoms with E-state index in [-0.39, 0.29) is 11.3 Å². The van der Waals surface area contributed by atoms with Crippen LogP contribution >= 0.6 is 15.9 Å². The number of non-ortho nitro benzene ring substituents is 1. The second kappa shape index (κ2) is 6.05. The van der Waals surface area contributed by atoms with Crippen molar-refractivity contribution in [2.75, 3.05) is 0 Å². The molecule has 0 fully saturated rings. The molecule has 21 heavy (non-hydrogen) atoms. The maximum Gasteiger partial charge on any atom is 0.343 e. The van der Waals surface area contributed by atoms with E-state index in [0.717, 1.165) is 15.6 Å². The van der Waals surface area contributed by atoms with Crippen LogP contribution in [-0.4, -0.2) is 10.9 Å². The van der Waals surface area contributed by atoms with Gasteiger partial charge in [-0.15, -0.1) is 0 Å². The molecule has 0 atom stereocenters. The van der Waals surface area contributed by atoms with Crippen molar-refractivity contribution in [2.45, 2.75) is 13.8 Å². The van der Waals surface area contributed by atoms with Crippen molar-refractivity contribution < 1.29 is 14.5 Å². The summed E-state index contributed by atoms with van der Waals surface area (Å²) in [7, 11) is 0. The molecule has 0 spiro atoms. The normalized spacial score (nSPS) is 10.2. The van der Waals surface area contributed by atoms with Gasteiger partial charge in [-0.3, -0.25) is 10.1 Å². The fraction of sp³-hybridized carbons (Fsp3) is 0.133. The third-order valence-electron chi connectivity index (χ3n) is 2.93. The van der Waals surface area contributed by atoms with Crippen LogP contribution in [0, 0.1) is 24.0 Å². The summed E-state index contributed by atoms with van der Waals surface area (Å²) >= 11 is 3.38. The monoisotopic (exact) mass is 349 g/mol. The largest absolute Gasteiger partial charge is 0.422 e. The van der Waals surface area contributed by atoms with Crippen LogP contribution < -0.4 is 4.74 Å². The number of carbonyl (C=O) groups excluding carboxylic acids is 1. The molecule has 0 radical (unpaired) electrons. The summed E-state index contributed by atoms with van der Waals surface area (Å²) in [5.41, 5.74) is 1.86. The lowest BCUT2D eigenvalue weighted by molar-refractivity contribution is -0.384. The molecule has 0 saturated carbocycles. The number of hydrogen-bond donors (Lipinski definition) is 0. The Morgan fingerprint density at radius 1 is 1.14 bits per heavy atom. The smallest absolute Gasteiger partial charge is 0.343 e. The minimum Gasteiger partial charge on any atom is -0.422 e. The second-order valence-corrected chi connectivity index (χ2v) is 5.48. The number of carbonyl (C=O) groups is 1. The summed E-state index contributed by atoms with van der Waals surface area (Å²) in [5.74, 6) is -0.0417. The van der Waals surface area contributed by atoms with Gasteiger partial charge in [-0.05, 0) is 49.2 Å². The predicted molar refractivity (Wildman–Crippen MR) is 81.7 cm³/mol. The maximum absolute atomic E-state index is 12.1. The van der Waals surface area contributed by atoms with Gasteiger partial charge in [0.1, 0.15) is 5.75 Å². The quantitative estimate of drug-likeness (QED) is 0.360. The van der Waals surface area contributed by atoms with E-state index in [1.807, 2.05) is 26.0 Å². The van der Waals surface area contributed by atoms with Crippen molar-refractivity contribution in [3.8, 4) is 5.75 Å². The molecule has 6 heteroatoms. The summed E-state index contributed by atoms with van der Waals surface area (Å²) in [6.45, 7) is 3.69. The molecule has 0 heterocycles. The van der Waals surface area contributed by atoms with Crippen LogP contribution in [0.15, 0.2) is 40.9 Å². The van der Waals surface area contributed by atoms with Crippen LogP contribution in [0.2, 0.25) is 0 Å². The van der Waals surface area contributed by atoms with Gasteiger partial charge < -0.3 is 4.74 Å². The lowest BCUT2D eigenvalue weighted by atomic mass is 10.1. The number of ether oxygens (including phenoxy) is 1. The first-order valence-electron chi connectivity index (χ1n) is 6.12. The van der Waals surface area contributed by atoms with Gasteiger partial charge in [-0.2, -0.15) is 0 Å². The van der Waals surface area contributed by atoms with Crippen LogP contribution in [0.3, 0.4) is 0 Å². The zero-order valence-electron chi connectivity index (χ0n) is 11.4. The minimum absolute atomic E-state index is 0.0671. The number of nitrogens with zero attached hydrogens (tertiary/aromatic N) is 1. The highest BCUT2D eigenvalue weighted by molar-refractivity contribution is 9.10. The van der Waals surface area contributed by atoms with Gasteiger partial charge in [-0.25, -0.2) is 4.79 Å². The zero-order chi connectivity index (χ0) is 15.6. The van der Waals surface area contributed by atoms with Crippen molar-refractivity contribution in [1.29, 1.82) is 0 Å². The summed E-state index contributed by atoms with van der Waals surface area (Å²) < 4.78 is 6.30. The van der Waals surface area contributed by atoms with Crippen LogP contribution in [0.25, 0.3) is 0 Å². The van der Waals surface area contributed by atoms with Crippen LogP contribution in [-0.2, 0) is 0 Å². The summed E-state index contributed by atoms with van der Waals surface area (Å²) in [6.07, 6.45) is 0. The van der Waals surface area contributed by atoms with Crippen molar-refractivity contribution in [2.24, 2.45) is 0 Å². The van der Waals surface area contributed by atoms with Gasteiger partial charge >= 0.3 is 5.97 Å². The van der Waals surface area contributed by atoms with Crippen molar-refractivity contribution in [1.82, 2.24) is 0 Å². The summed E-state index contributed by atoms with van der Waals surface area (Å²) in [5, 5.41) is 10.6. The number of halogens is 1. The predicted octanol–water partition coefficient (Wildman–Crippen LogP) is 4.19. The molecule has 0 amide bonds. The van der Waals surface area contributed by atoms with E-state index in [4.69, 9.17) is 4.74 Å². The highest BCUT2D eigenvalue weighted by Crippen LogP contribution is 2.28. The number of aryl methyl sites for hydroxylation is 2. The Morgan fingerprint density at radius 2 is 1.67 bits per heavy atom. The number of hydrogen-bond acceptors (Lipinski definition) is 4. The Morgan fingerprint density at radius 3 is 2.14 bits per heavy atom. The van der Waals surface area contributed by atoms with E-state index in [1.54, 1.807) is 0 Å². The van der Waals surface area contributed by atoms with Gasteiger partial charge in [0.2, 0.25) is 0 Å². The number of nitro benzene ring substituents is 1. The number of rotatable bonds is 3. The highest BCUT2D eigenvalue weighted by Gasteiger charge is 2.14. The van der Waals surface area contributed by atoms with E-state index in [1.165, 1.54) is 24.3 Å². The summed E-state index contributed by atoms with van der Waals surface area (Å²) in [4.78, 5) is 22.1. The minimum atomic E-state index is -0.543. The fourth-order valence-corrected chi connectivity index (χ4v) is 2.62. The van der Waals surface area contributed by atoms with E-state index in [0.29, 0.717) is 5.75 Å². The maximum atomic E-state index is 12.1. The van der Waals surface area contributed by atoms with Gasteiger partial charge in [0.05, 0.1) is 10.5 Å². The van der Waals surface area contributed by atoms with E-state index in [9.17, 15) is 14.9 Å². The molecular formula is C15H12BrNO4. The first-order chi connectivity index (χ1) is 9.88. The van der Waals surface area contributed by atoms with Crippen LogP contribution in [0.1, 0.15) is 21.5 Å². The molecule has 0 N–H and O–H groups in total. The molecule has 108 valence electrons. The molecule has 2 rings (SSSR count). The molecule has 0 unspecified atom stereocenters. The molecule has 2 aromatic rings. The van der Waals surface area contributed by atoms with Crippen molar-refractivity contribution in [3.05, 3.63) is 67.7 Å². The van der Waals surface area contributed by atoms with Crippen LogP contribution in [0.5, 0.6) is 5.75 Å². The Bertz CT molecular complexity index is 687. The van der Waals surface area contributed by atoms with Crippen LogP contribution in [0.4, 0.5) is 5.69 Å². The summed E-state index contributed by atoms with van der Waals surface area (Å²) in [6, 6.07) is 9.01. The lowest BCUT2D eigenvalue weighted by Crippen LogP contribution is -2.10. The Kier molecular flexibility index (Phi) is 4.37. The second-order valence-electron chi connectivity index (χ2n) is 4.56.